The molecule has 0 radical (unpaired) electrons. The van der Waals surface area contributed by atoms with Gasteiger partial charge >= 0.3 is 0 Å². The first-order chi connectivity index (χ1) is 11.5. The number of benzene rings is 2. The first kappa shape index (κ1) is 17.6. The van der Waals surface area contributed by atoms with Crippen molar-refractivity contribution < 1.29 is 19.4 Å². The lowest BCUT2D eigenvalue weighted by molar-refractivity contribution is -0.120. The zero-order valence-corrected chi connectivity index (χ0v) is 14.0. The average Bonchev–Trinajstić information content (AvgIpc) is 2.58. The number of amides is 1. The van der Waals surface area contributed by atoms with Gasteiger partial charge in [-0.15, -0.1) is 0 Å². The Morgan fingerprint density at radius 2 is 1.96 bits per heavy atom. The van der Waals surface area contributed by atoms with Crippen molar-refractivity contribution in [3.8, 4) is 17.2 Å². The molecule has 24 heavy (non-hydrogen) atoms. The van der Waals surface area contributed by atoms with Gasteiger partial charge in [0.25, 0.3) is 0 Å². The topological polar surface area (TPSA) is 80.2 Å². The summed E-state index contributed by atoms with van der Waals surface area (Å²) in [6.45, 7) is 0. The molecule has 0 fully saturated rings. The molecule has 0 aliphatic rings. The van der Waals surface area contributed by atoms with Crippen molar-refractivity contribution in [2.45, 2.75) is 6.42 Å². The quantitative estimate of drug-likeness (QED) is 0.621. The second-order valence-electron chi connectivity index (χ2n) is 4.87. The molecule has 126 valence electrons. The molecule has 0 heterocycles. The Kier molecular flexibility index (Phi) is 6.03. The number of carbonyl (C=O) groups is 1. The molecule has 2 N–H and O–H groups in total. The van der Waals surface area contributed by atoms with E-state index in [1.54, 1.807) is 25.3 Å². The molecule has 0 saturated heterocycles. The summed E-state index contributed by atoms with van der Waals surface area (Å²) in [6, 6.07) is 10.3. The maximum atomic E-state index is 11.9. The Morgan fingerprint density at radius 3 is 2.58 bits per heavy atom. The Labute approximate surface area is 144 Å². The van der Waals surface area contributed by atoms with E-state index in [1.807, 2.05) is 12.1 Å². The molecular formula is C17H17ClN2O4. The fourth-order valence-corrected chi connectivity index (χ4v) is 2.19. The average molecular weight is 349 g/mol. The third kappa shape index (κ3) is 4.63. The van der Waals surface area contributed by atoms with Crippen molar-refractivity contribution in [1.82, 2.24) is 5.43 Å². The van der Waals surface area contributed by atoms with E-state index in [0.717, 1.165) is 11.3 Å². The zero-order chi connectivity index (χ0) is 17.5. The minimum Gasteiger partial charge on any atom is -0.503 e. The van der Waals surface area contributed by atoms with Crippen molar-refractivity contribution in [3.05, 3.63) is 52.5 Å². The van der Waals surface area contributed by atoms with E-state index in [4.69, 9.17) is 21.1 Å². The molecule has 0 spiro atoms. The van der Waals surface area contributed by atoms with Crippen molar-refractivity contribution in [1.29, 1.82) is 0 Å². The van der Waals surface area contributed by atoms with Gasteiger partial charge in [-0.3, -0.25) is 4.79 Å². The van der Waals surface area contributed by atoms with Crippen molar-refractivity contribution >= 4 is 23.7 Å². The van der Waals surface area contributed by atoms with Crippen LogP contribution in [0.5, 0.6) is 17.2 Å². The van der Waals surface area contributed by atoms with Crippen LogP contribution in [0.25, 0.3) is 0 Å². The molecule has 0 aliphatic heterocycles. The molecule has 0 aliphatic carbocycles. The predicted octanol–water partition coefficient (Wildman–Crippen LogP) is 2.76. The molecule has 0 aromatic heterocycles. The van der Waals surface area contributed by atoms with E-state index in [1.165, 1.54) is 19.4 Å². The van der Waals surface area contributed by atoms with Gasteiger partial charge in [0.2, 0.25) is 5.91 Å². The summed E-state index contributed by atoms with van der Waals surface area (Å²) < 4.78 is 10.1. The molecule has 0 saturated carbocycles. The largest absolute Gasteiger partial charge is 0.503 e. The summed E-state index contributed by atoms with van der Waals surface area (Å²) in [7, 11) is 3.00. The second kappa shape index (κ2) is 8.21. The van der Waals surface area contributed by atoms with E-state index < -0.39 is 0 Å². The summed E-state index contributed by atoms with van der Waals surface area (Å²) in [5, 5.41) is 13.7. The number of rotatable bonds is 6. The zero-order valence-electron chi connectivity index (χ0n) is 13.2. The molecular weight excluding hydrogens is 332 g/mol. The van der Waals surface area contributed by atoms with Crippen LogP contribution in [0.1, 0.15) is 11.1 Å². The van der Waals surface area contributed by atoms with Crippen LogP contribution in [0.3, 0.4) is 0 Å². The molecule has 0 bridgehead atoms. The highest BCUT2D eigenvalue weighted by Crippen LogP contribution is 2.34. The lowest BCUT2D eigenvalue weighted by Gasteiger charge is -2.06. The van der Waals surface area contributed by atoms with Gasteiger partial charge in [-0.2, -0.15) is 5.10 Å². The molecule has 7 heteroatoms. The predicted molar refractivity (Wildman–Crippen MR) is 92.1 cm³/mol. The summed E-state index contributed by atoms with van der Waals surface area (Å²) in [5.74, 6) is 0.567. The van der Waals surface area contributed by atoms with Crippen LogP contribution in [-0.2, 0) is 11.2 Å². The standard InChI is InChI=1S/C17H17ClN2O4/c1-23-13-5-3-11(4-6-13)9-16(21)20-19-10-12-7-14(18)17(22)15(8-12)24-2/h3-8,10,22H,9H2,1-2H3,(H,20,21)/b19-10+. The van der Waals surface area contributed by atoms with Crippen molar-refractivity contribution in [2.75, 3.05) is 14.2 Å². The minimum atomic E-state index is -0.256. The van der Waals surface area contributed by atoms with Crippen LogP contribution in [-0.4, -0.2) is 31.4 Å². The minimum absolute atomic E-state index is 0.139. The van der Waals surface area contributed by atoms with Gasteiger partial charge in [-0.1, -0.05) is 23.7 Å². The highest BCUT2D eigenvalue weighted by Gasteiger charge is 2.08. The SMILES string of the molecule is COc1ccc(CC(=O)N/N=C/c2cc(Cl)c(O)c(OC)c2)cc1. The maximum absolute atomic E-state index is 11.9. The number of hydrogen-bond acceptors (Lipinski definition) is 5. The van der Waals surface area contributed by atoms with Crippen LogP contribution in [0.15, 0.2) is 41.5 Å². The monoisotopic (exact) mass is 348 g/mol. The summed E-state index contributed by atoms with van der Waals surface area (Å²) in [4.78, 5) is 11.9. The van der Waals surface area contributed by atoms with E-state index in [0.29, 0.717) is 5.56 Å². The summed E-state index contributed by atoms with van der Waals surface area (Å²) >= 11 is 5.88. The van der Waals surface area contributed by atoms with Crippen LogP contribution >= 0.6 is 11.6 Å². The van der Waals surface area contributed by atoms with Gasteiger partial charge in [0.05, 0.1) is 31.9 Å². The van der Waals surface area contributed by atoms with Gasteiger partial charge < -0.3 is 14.6 Å². The number of aromatic hydroxyl groups is 1. The molecule has 6 nitrogen and oxygen atoms in total. The molecule has 0 atom stereocenters. The van der Waals surface area contributed by atoms with Gasteiger partial charge in [-0.05, 0) is 35.4 Å². The summed E-state index contributed by atoms with van der Waals surface area (Å²) in [6.07, 6.45) is 1.61. The van der Waals surface area contributed by atoms with Crippen LogP contribution in [0.2, 0.25) is 5.02 Å². The highest BCUT2D eigenvalue weighted by molar-refractivity contribution is 6.32. The fraction of sp³-hybridized carbons (Fsp3) is 0.176. The molecule has 2 aromatic carbocycles. The Morgan fingerprint density at radius 1 is 1.25 bits per heavy atom. The third-order valence-electron chi connectivity index (χ3n) is 3.20. The normalized spacial score (nSPS) is 10.6. The Hall–Kier alpha value is -2.73. The van der Waals surface area contributed by atoms with Gasteiger partial charge in [0, 0.05) is 0 Å². The molecule has 2 aromatic rings. The number of nitrogens with zero attached hydrogens (tertiary/aromatic N) is 1. The van der Waals surface area contributed by atoms with Gasteiger partial charge in [0.1, 0.15) is 5.75 Å². The van der Waals surface area contributed by atoms with E-state index in [9.17, 15) is 9.90 Å². The number of hydrogen-bond donors (Lipinski definition) is 2. The first-order valence-electron chi connectivity index (χ1n) is 7.05. The Balaban J connectivity index is 1.95. The highest BCUT2D eigenvalue weighted by atomic mass is 35.5. The van der Waals surface area contributed by atoms with Gasteiger partial charge in [0.15, 0.2) is 11.5 Å². The Bertz CT molecular complexity index is 745. The van der Waals surface area contributed by atoms with Crippen molar-refractivity contribution in [3.63, 3.8) is 0 Å². The number of ether oxygens (including phenoxy) is 2. The number of nitrogens with one attached hydrogen (secondary N) is 1. The fourth-order valence-electron chi connectivity index (χ4n) is 1.97. The lowest BCUT2D eigenvalue weighted by atomic mass is 10.1. The number of hydrazone groups is 1. The third-order valence-corrected chi connectivity index (χ3v) is 3.49. The van der Waals surface area contributed by atoms with Crippen molar-refractivity contribution in [2.24, 2.45) is 5.10 Å². The van der Waals surface area contributed by atoms with Gasteiger partial charge in [-0.25, -0.2) is 5.43 Å². The number of carbonyl (C=O) groups excluding carboxylic acids is 1. The van der Waals surface area contributed by atoms with E-state index >= 15 is 0 Å². The number of methoxy groups -OCH3 is 2. The van der Waals surface area contributed by atoms with Crippen LogP contribution in [0.4, 0.5) is 0 Å². The van der Waals surface area contributed by atoms with Crippen LogP contribution in [0, 0.1) is 0 Å². The second-order valence-corrected chi connectivity index (χ2v) is 5.28. The van der Waals surface area contributed by atoms with E-state index in [2.05, 4.69) is 10.5 Å². The first-order valence-corrected chi connectivity index (χ1v) is 7.42. The number of halogens is 1. The molecule has 2 rings (SSSR count). The molecule has 0 unspecified atom stereocenters. The molecule has 1 amide bonds. The number of phenols is 1. The van der Waals surface area contributed by atoms with E-state index in [-0.39, 0.29) is 28.8 Å². The lowest BCUT2D eigenvalue weighted by Crippen LogP contribution is -2.19. The smallest absolute Gasteiger partial charge is 0.244 e. The number of phenolic OH excluding ortho intramolecular Hbond substituents is 1. The summed E-state index contributed by atoms with van der Waals surface area (Å²) in [5.41, 5.74) is 3.86. The maximum Gasteiger partial charge on any atom is 0.244 e. The van der Waals surface area contributed by atoms with Crippen LogP contribution < -0.4 is 14.9 Å².